The van der Waals surface area contributed by atoms with E-state index in [9.17, 15) is 4.79 Å². The zero-order chi connectivity index (χ0) is 13.6. The zero-order valence-corrected chi connectivity index (χ0v) is 10.2. The van der Waals surface area contributed by atoms with Crippen molar-refractivity contribution in [3.05, 3.63) is 51.2 Å². The molecule has 0 aliphatic carbocycles. The lowest BCUT2D eigenvalue weighted by Gasteiger charge is -2.18. The molecule has 3 rings (SSSR count). The largest absolute Gasteiger partial charge is 0.439 e. The summed E-state index contributed by atoms with van der Waals surface area (Å²) in [5.41, 5.74) is 7.23. The lowest BCUT2D eigenvalue weighted by molar-refractivity contribution is 0.394. The van der Waals surface area contributed by atoms with Gasteiger partial charge in [-0.05, 0) is 19.1 Å². The quantitative estimate of drug-likeness (QED) is 0.723. The van der Waals surface area contributed by atoms with Crippen LogP contribution in [0.2, 0.25) is 0 Å². The van der Waals surface area contributed by atoms with E-state index in [0.29, 0.717) is 22.3 Å². The molecule has 5 heteroatoms. The number of nitrogens with two attached hydrogens (primary N) is 1. The van der Waals surface area contributed by atoms with Crippen LogP contribution in [-0.4, -0.2) is 0 Å². The van der Waals surface area contributed by atoms with Crippen LogP contribution in [0.15, 0.2) is 38.9 Å². The minimum Gasteiger partial charge on any atom is -0.439 e. The van der Waals surface area contributed by atoms with Crippen LogP contribution in [0.4, 0.5) is 0 Å². The van der Waals surface area contributed by atoms with Gasteiger partial charge >= 0.3 is 5.63 Å². The van der Waals surface area contributed by atoms with Gasteiger partial charge in [0, 0.05) is 6.42 Å². The van der Waals surface area contributed by atoms with E-state index in [0.717, 1.165) is 5.56 Å². The van der Waals surface area contributed by atoms with E-state index in [1.807, 2.05) is 25.1 Å². The fraction of sp³-hybridized carbons (Fsp3) is 0.143. The summed E-state index contributed by atoms with van der Waals surface area (Å²) in [6.07, 6.45) is 0.143. The Balaban J connectivity index is 2.36. The smallest absolute Gasteiger partial charge is 0.343 e. The molecule has 1 aromatic heterocycles. The van der Waals surface area contributed by atoms with Crippen molar-refractivity contribution in [2.45, 2.75) is 13.3 Å². The molecular formula is C14H10N2O3. The van der Waals surface area contributed by atoms with Crippen molar-refractivity contribution in [1.82, 2.24) is 0 Å². The highest BCUT2D eigenvalue weighted by atomic mass is 16.5. The molecule has 0 bridgehead atoms. The molecule has 0 amide bonds. The number of nitrogens with zero attached hydrogens (tertiary/aromatic N) is 1. The Bertz CT molecular complexity index is 825. The van der Waals surface area contributed by atoms with E-state index in [4.69, 9.17) is 20.1 Å². The summed E-state index contributed by atoms with van der Waals surface area (Å²) in [6, 6.07) is 7.36. The van der Waals surface area contributed by atoms with Gasteiger partial charge in [-0.25, -0.2) is 4.79 Å². The first kappa shape index (κ1) is 11.4. The van der Waals surface area contributed by atoms with Crippen molar-refractivity contribution in [3.8, 4) is 11.8 Å². The third-order valence-corrected chi connectivity index (χ3v) is 3.10. The molecule has 0 fully saturated rings. The van der Waals surface area contributed by atoms with Crippen molar-refractivity contribution in [3.63, 3.8) is 0 Å². The molecule has 0 radical (unpaired) electrons. The van der Waals surface area contributed by atoms with Gasteiger partial charge in [0.1, 0.15) is 11.7 Å². The minimum absolute atomic E-state index is 0.0448. The first-order valence-electron chi connectivity index (χ1n) is 5.73. The Kier molecular flexibility index (Phi) is 2.32. The molecule has 94 valence electrons. The Morgan fingerprint density at radius 2 is 2.21 bits per heavy atom. The highest BCUT2D eigenvalue weighted by Gasteiger charge is 2.24. The van der Waals surface area contributed by atoms with Gasteiger partial charge in [0.05, 0.1) is 16.5 Å². The molecule has 0 atom stereocenters. The first-order valence-corrected chi connectivity index (χ1v) is 5.73. The summed E-state index contributed by atoms with van der Waals surface area (Å²) in [5, 5.41) is 9.62. The van der Waals surface area contributed by atoms with Crippen molar-refractivity contribution >= 4 is 11.0 Å². The Morgan fingerprint density at radius 3 is 2.95 bits per heavy atom. The van der Waals surface area contributed by atoms with Gasteiger partial charge < -0.3 is 14.9 Å². The molecule has 1 aliphatic rings. The van der Waals surface area contributed by atoms with Gasteiger partial charge in [-0.2, -0.15) is 5.26 Å². The van der Waals surface area contributed by atoms with Gasteiger partial charge in [0.2, 0.25) is 5.88 Å². The fourth-order valence-corrected chi connectivity index (χ4v) is 2.13. The van der Waals surface area contributed by atoms with E-state index in [1.165, 1.54) is 0 Å². The number of nitriles is 1. The highest BCUT2D eigenvalue weighted by molar-refractivity contribution is 5.85. The van der Waals surface area contributed by atoms with E-state index in [-0.39, 0.29) is 17.9 Å². The Labute approximate surface area is 108 Å². The predicted octanol–water partition coefficient (Wildman–Crippen LogP) is 1.73. The second kappa shape index (κ2) is 3.89. The molecule has 2 heterocycles. The topological polar surface area (TPSA) is 89.2 Å². The van der Waals surface area contributed by atoms with Crippen LogP contribution in [0, 0.1) is 18.3 Å². The van der Waals surface area contributed by atoms with E-state index in [1.54, 1.807) is 6.07 Å². The molecule has 0 unspecified atom stereocenters. The normalized spacial score (nSPS) is 13.9. The minimum atomic E-state index is -0.494. The van der Waals surface area contributed by atoms with Crippen LogP contribution in [0.5, 0.6) is 5.75 Å². The predicted molar refractivity (Wildman–Crippen MR) is 68.4 cm³/mol. The maximum atomic E-state index is 11.9. The lowest BCUT2D eigenvalue weighted by atomic mass is 10.0. The van der Waals surface area contributed by atoms with Gasteiger partial charge in [0.15, 0.2) is 5.75 Å². The maximum Gasteiger partial charge on any atom is 0.343 e. The SMILES string of the molecule is Cc1ccc2oc(=O)c3c(c2c1)OC(N)=C(C#N)C3. The third kappa shape index (κ3) is 1.66. The van der Waals surface area contributed by atoms with E-state index < -0.39 is 5.63 Å². The van der Waals surface area contributed by atoms with Crippen molar-refractivity contribution in [1.29, 1.82) is 5.26 Å². The molecule has 0 spiro atoms. The monoisotopic (exact) mass is 254 g/mol. The summed E-state index contributed by atoms with van der Waals surface area (Å²) in [7, 11) is 0. The van der Waals surface area contributed by atoms with Crippen LogP contribution in [0.25, 0.3) is 11.0 Å². The number of allylic oxidation sites excluding steroid dienone is 1. The summed E-state index contributed by atoms with van der Waals surface area (Å²) < 4.78 is 10.7. The standard InChI is InChI=1S/C14H10N2O3/c1-7-2-3-11-9(4-7)12-10(14(17)18-11)5-8(6-15)13(16)19-12/h2-4H,5,16H2,1H3. The molecule has 2 aromatic rings. The number of benzene rings is 1. The number of rotatable bonds is 0. The Hall–Kier alpha value is -2.74. The van der Waals surface area contributed by atoms with E-state index >= 15 is 0 Å². The second-order valence-corrected chi connectivity index (χ2v) is 4.43. The van der Waals surface area contributed by atoms with Gasteiger partial charge in [0.25, 0.3) is 0 Å². The molecule has 5 nitrogen and oxygen atoms in total. The van der Waals surface area contributed by atoms with Crippen molar-refractivity contribution < 1.29 is 9.15 Å². The van der Waals surface area contributed by atoms with Gasteiger partial charge in [-0.3, -0.25) is 0 Å². The van der Waals surface area contributed by atoms with Crippen molar-refractivity contribution in [2.24, 2.45) is 5.73 Å². The van der Waals surface area contributed by atoms with Crippen LogP contribution in [0.1, 0.15) is 11.1 Å². The molecule has 1 aromatic carbocycles. The van der Waals surface area contributed by atoms with Gasteiger partial charge in [-0.15, -0.1) is 0 Å². The molecule has 2 N–H and O–H groups in total. The molecule has 1 aliphatic heterocycles. The number of hydrogen-bond donors (Lipinski definition) is 1. The average Bonchev–Trinajstić information content (AvgIpc) is 2.39. The second-order valence-electron chi connectivity index (χ2n) is 4.43. The number of fused-ring (bicyclic) bond motifs is 3. The maximum absolute atomic E-state index is 11.9. The van der Waals surface area contributed by atoms with Crippen molar-refractivity contribution in [2.75, 3.05) is 0 Å². The number of ether oxygens (including phenoxy) is 1. The number of hydrogen-bond acceptors (Lipinski definition) is 5. The van der Waals surface area contributed by atoms with Crippen LogP contribution < -0.4 is 16.1 Å². The van der Waals surface area contributed by atoms with Crippen LogP contribution in [-0.2, 0) is 6.42 Å². The first-order chi connectivity index (χ1) is 9.10. The average molecular weight is 254 g/mol. The zero-order valence-electron chi connectivity index (χ0n) is 10.2. The van der Waals surface area contributed by atoms with Crippen LogP contribution >= 0.6 is 0 Å². The molecular weight excluding hydrogens is 244 g/mol. The lowest BCUT2D eigenvalue weighted by Crippen LogP contribution is -2.21. The third-order valence-electron chi connectivity index (χ3n) is 3.10. The summed E-state index contributed by atoms with van der Waals surface area (Å²) in [5.74, 6) is 0.440. The Morgan fingerprint density at radius 1 is 1.42 bits per heavy atom. The highest BCUT2D eigenvalue weighted by Crippen LogP contribution is 2.33. The summed E-state index contributed by atoms with van der Waals surface area (Å²) in [4.78, 5) is 11.9. The van der Waals surface area contributed by atoms with E-state index in [2.05, 4.69) is 0 Å². The van der Waals surface area contributed by atoms with Gasteiger partial charge in [-0.1, -0.05) is 11.6 Å². The number of aryl methyl sites for hydroxylation is 1. The summed E-state index contributed by atoms with van der Waals surface area (Å²) >= 11 is 0. The molecule has 19 heavy (non-hydrogen) atoms. The molecule has 0 saturated carbocycles. The fourth-order valence-electron chi connectivity index (χ4n) is 2.13. The van der Waals surface area contributed by atoms with Crippen LogP contribution in [0.3, 0.4) is 0 Å². The summed E-state index contributed by atoms with van der Waals surface area (Å²) in [6.45, 7) is 1.93. The molecule has 0 saturated heterocycles.